The van der Waals surface area contributed by atoms with Crippen molar-refractivity contribution in [3.8, 4) is 11.5 Å². The summed E-state index contributed by atoms with van der Waals surface area (Å²) in [5.41, 5.74) is 1.68. The van der Waals surface area contributed by atoms with Gasteiger partial charge in [0, 0.05) is 30.6 Å². The molecule has 11 heteroatoms. The van der Waals surface area contributed by atoms with Crippen molar-refractivity contribution in [3.63, 3.8) is 0 Å². The van der Waals surface area contributed by atoms with E-state index in [1.54, 1.807) is 60.7 Å². The number of carbonyl (C=O) groups excluding carboxylic acids is 2. The van der Waals surface area contributed by atoms with E-state index >= 15 is 0 Å². The van der Waals surface area contributed by atoms with E-state index in [4.69, 9.17) is 21.1 Å². The molecule has 2 amide bonds. The Morgan fingerprint density at radius 1 is 0.870 bits per heavy atom. The largest absolute Gasteiger partial charge is 0.486 e. The van der Waals surface area contributed by atoms with E-state index in [1.807, 2.05) is 37.3 Å². The number of benzene rings is 4. The highest BCUT2D eigenvalue weighted by molar-refractivity contribution is 7.92. The van der Waals surface area contributed by atoms with Crippen LogP contribution in [-0.2, 0) is 32.6 Å². The van der Waals surface area contributed by atoms with Crippen molar-refractivity contribution >= 4 is 39.1 Å². The van der Waals surface area contributed by atoms with Crippen LogP contribution in [0.3, 0.4) is 0 Å². The van der Waals surface area contributed by atoms with Crippen molar-refractivity contribution in [2.24, 2.45) is 0 Å². The Labute approximate surface area is 274 Å². The zero-order valence-corrected chi connectivity index (χ0v) is 27.0. The summed E-state index contributed by atoms with van der Waals surface area (Å²) < 4.78 is 40.8. The van der Waals surface area contributed by atoms with Crippen LogP contribution >= 0.6 is 11.6 Å². The fourth-order valence-corrected chi connectivity index (χ4v) is 6.79. The van der Waals surface area contributed by atoms with E-state index in [-0.39, 0.29) is 29.5 Å². The third kappa shape index (κ3) is 7.81. The van der Waals surface area contributed by atoms with E-state index < -0.39 is 28.5 Å². The Balaban J connectivity index is 1.58. The van der Waals surface area contributed by atoms with E-state index in [2.05, 4.69) is 5.32 Å². The van der Waals surface area contributed by atoms with Crippen molar-refractivity contribution in [2.45, 2.75) is 37.2 Å². The molecule has 1 aliphatic heterocycles. The highest BCUT2D eigenvalue weighted by atomic mass is 35.5. The normalized spacial score (nSPS) is 13.0. The molecule has 4 aromatic rings. The third-order valence-corrected chi connectivity index (χ3v) is 9.70. The van der Waals surface area contributed by atoms with Crippen LogP contribution < -0.4 is 19.1 Å². The lowest BCUT2D eigenvalue weighted by molar-refractivity contribution is -0.140. The van der Waals surface area contributed by atoms with Crippen molar-refractivity contribution in [1.29, 1.82) is 0 Å². The number of halogens is 1. The first-order valence-electron chi connectivity index (χ1n) is 15.1. The van der Waals surface area contributed by atoms with E-state index in [0.29, 0.717) is 48.3 Å². The number of hydrogen-bond acceptors (Lipinski definition) is 6. The minimum atomic E-state index is -4.25. The van der Waals surface area contributed by atoms with Crippen LogP contribution in [0, 0.1) is 0 Å². The smallest absolute Gasteiger partial charge is 0.264 e. The molecule has 0 radical (unpaired) electrons. The molecule has 1 aliphatic rings. The molecular weight excluding hydrogens is 626 g/mol. The summed E-state index contributed by atoms with van der Waals surface area (Å²) in [6.07, 6.45) is 0.914. The number of hydrogen-bond donors (Lipinski definition) is 1. The van der Waals surface area contributed by atoms with Gasteiger partial charge >= 0.3 is 0 Å². The maximum Gasteiger partial charge on any atom is 0.264 e. The molecule has 46 heavy (non-hydrogen) atoms. The van der Waals surface area contributed by atoms with E-state index in [1.165, 1.54) is 17.0 Å². The number of rotatable bonds is 13. The van der Waals surface area contributed by atoms with E-state index in [9.17, 15) is 18.0 Å². The zero-order chi connectivity index (χ0) is 32.5. The number of anilines is 1. The van der Waals surface area contributed by atoms with Crippen LogP contribution in [0.4, 0.5) is 5.69 Å². The summed E-state index contributed by atoms with van der Waals surface area (Å²) in [5, 5.41) is 3.36. The second kappa shape index (κ2) is 15.2. The van der Waals surface area contributed by atoms with Gasteiger partial charge in [0.2, 0.25) is 11.8 Å². The summed E-state index contributed by atoms with van der Waals surface area (Å²) in [4.78, 5) is 29.8. The zero-order valence-electron chi connectivity index (χ0n) is 25.5. The molecule has 0 bridgehead atoms. The van der Waals surface area contributed by atoms with Crippen LogP contribution in [0.5, 0.6) is 11.5 Å². The van der Waals surface area contributed by atoms with E-state index in [0.717, 1.165) is 9.87 Å². The summed E-state index contributed by atoms with van der Waals surface area (Å²) in [6, 6.07) is 28.2. The predicted octanol–water partition coefficient (Wildman–Crippen LogP) is 5.47. The molecule has 0 saturated heterocycles. The van der Waals surface area contributed by atoms with Gasteiger partial charge in [0.05, 0.1) is 10.6 Å². The predicted molar refractivity (Wildman–Crippen MR) is 178 cm³/mol. The monoisotopic (exact) mass is 661 g/mol. The molecule has 4 aromatic carbocycles. The van der Waals surface area contributed by atoms with Gasteiger partial charge in [-0.05, 0) is 47.9 Å². The highest BCUT2D eigenvalue weighted by Crippen LogP contribution is 2.36. The van der Waals surface area contributed by atoms with Crippen LogP contribution in [0.1, 0.15) is 24.5 Å². The van der Waals surface area contributed by atoms with Crippen LogP contribution in [-0.4, -0.2) is 57.5 Å². The molecule has 0 aliphatic carbocycles. The molecule has 0 spiro atoms. The molecule has 1 atom stereocenters. The lowest BCUT2D eigenvalue weighted by atomic mass is 10.0. The summed E-state index contributed by atoms with van der Waals surface area (Å²) in [6.45, 7) is 2.43. The van der Waals surface area contributed by atoms with Crippen molar-refractivity contribution < 1.29 is 27.5 Å². The summed E-state index contributed by atoms with van der Waals surface area (Å²) >= 11 is 6.55. The number of ether oxygens (including phenoxy) is 2. The summed E-state index contributed by atoms with van der Waals surface area (Å²) in [5.74, 6) is -0.0719. The number of nitrogens with one attached hydrogen (secondary N) is 1. The molecule has 5 rings (SSSR count). The van der Waals surface area contributed by atoms with Crippen LogP contribution in [0.15, 0.2) is 108 Å². The fraction of sp³-hybridized carbons (Fsp3) is 0.257. The average molecular weight is 662 g/mol. The fourth-order valence-electron chi connectivity index (χ4n) is 5.17. The average Bonchev–Trinajstić information content (AvgIpc) is 3.08. The van der Waals surface area contributed by atoms with Gasteiger partial charge in [-0.1, -0.05) is 85.3 Å². The lowest BCUT2D eigenvalue weighted by Gasteiger charge is -2.34. The van der Waals surface area contributed by atoms with Gasteiger partial charge in [0.25, 0.3) is 10.0 Å². The molecular formula is C35H36ClN3O6S. The maximum atomic E-state index is 14.6. The number of carbonyl (C=O) groups is 2. The number of nitrogens with zero attached hydrogens (tertiary/aromatic N) is 2. The van der Waals surface area contributed by atoms with Crippen molar-refractivity contribution in [3.05, 3.63) is 119 Å². The van der Waals surface area contributed by atoms with Gasteiger partial charge in [-0.15, -0.1) is 0 Å². The SMILES string of the molecule is CCCNC(=O)C(Cc1ccccc1)N(Cc1ccccc1Cl)C(=O)CN(c1ccc2c(c1)OCCO2)S(=O)(=O)c1ccccc1. The molecule has 1 heterocycles. The molecule has 9 nitrogen and oxygen atoms in total. The number of amides is 2. The van der Waals surface area contributed by atoms with Gasteiger partial charge in [0.1, 0.15) is 25.8 Å². The Hall–Kier alpha value is -4.54. The van der Waals surface area contributed by atoms with Crippen molar-refractivity contribution in [2.75, 3.05) is 30.6 Å². The Morgan fingerprint density at radius 3 is 2.22 bits per heavy atom. The third-order valence-electron chi connectivity index (χ3n) is 7.54. The van der Waals surface area contributed by atoms with Crippen LogP contribution in [0.2, 0.25) is 5.02 Å². The first-order valence-corrected chi connectivity index (χ1v) is 16.9. The first-order chi connectivity index (χ1) is 22.3. The van der Waals surface area contributed by atoms with Gasteiger partial charge in [0.15, 0.2) is 11.5 Å². The Kier molecular flexibility index (Phi) is 10.8. The Morgan fingerprint density at radius 2 is 1.52 bits per heavy atom. The van der Waals surface area contributed by atoms with Gasteiger partial charge in [-0.3, -0.25) is 13.9 Å². The van der Waals surface area contributed by atoms with Gasteiger partial charge in [-0.25, -0.2) is 8.42 Å². The van der Waals surface area contributed by atoms with Crippen molar-refractivity contribution in [1.82, 2.24) is 10.2 Å². The van der Waals surface area contributed by atoms with Gasteiger partial charge < -0.3 is 19.7 Å². The number of sulfonamides is 1. The molecule has 0 aromatic heterocycles. The minimum absolute atomic E-state index is 0.0110. The minimum Gasteiger partial charge on any atom is -0.486 e. The topological polar surface area (TPSA) is 105 Å². The summed E-state index contributed by atoms with van der Waals surface area (Å²) in [7, 11) is -4.25. The maximum absolute atomic E-state index is 14.6. The lowest BCUT2D eigenvalue weighted by Crippen LogP contribution is -2.53. The second-order valence-corrected chi connectivity index (χ2v) is 13.0. The first kappa shape index (κ1) is 32.8. The molecule has 0 saturated carbocycles. The Bertz CT molecular complexity index is 1750. The van der Waals surface area contributed by atoms with Crippen LogP contribution in [0.25, 0.3) is 0 Å². The standard InChI is InChI=1S/C35H36ClN3O6S/c1-2-19-37-35(41)31(22-26-11-5-3-6-12-26)38(24-27-13-9-10-16-30(27)36)34(40)25-39(46(42,43)29-14-7-4-8-15-29)28-17-18-32-33(23-28)45-21-20-44-32/h3-18,23,31H,2,19-22,24-25H2,1H3,(H,37,41). The quantitative estimate of drug-likeness (QED) is 0.204. The highest BCUT2D eigenvalue weighted by Gasteiger charge is 2.35. The molecule has 0 fully saturated rings. The molecule has 1 N–H and O–H groups in total. The number of fused-ring (bicyclic) bond motifs is 1. The van der Waals surface area contributed by atoms with Gasteiger partial charge in [-0.2, -0.15) is 0 Å². The molecule has 1 unspecified atom stereocenters. The molecule has 240 valence electrons. The second-order valence-electron chi connectivity index (χ2n) is 10.8.